The van der Waals surface area contributed by atoms with Gasteiger partial charge in [-0.05, 0) is 44.2 Å². The van der Waals surface area contributed by atoms with Crippen LogP contribution in [0, 0.1) is 6.08 Å². The van der Waals surface area contributed by atoms with E-state index in [9.17, 15) is 0 Å². The van der Waals surface area contributed by atoms with Crippen LogP contribution in [0.4, 0.5) is 0 Å². The van der Waals surface area contributed by atoms with Crippen molar-refractivity contribution >= 4 is 46.3 Å². The predicted octanol–water partition coefficient (Wildman–Crippen LogP) is 16.1. The fourth-order valence-electron chi connectivity index (χ4n) is 8.26. The zero-order valence-corrected chi connectivity index (χ0v) is 38.1. The van der Waals surface area contributed by atoms with Gasteiger partial charge in [0.25, 0.3) is 0 Å². The van der Waals surface area contributed by atoms with Gasteiger partial charge in [0.05, 0.1) is 0 Å². The average Bonchev–Trinajstić information content (AvgIpc) is 3.97. The van der Waals surface area contributed by atoms with Crippen molar-refractivity contribution in [3.63, 3.8) is 0 Å². The van der Waals surface area contributed by atoms with Gasteiger partial charge in [0.15, 0.2) is 0 Å². The summed E-state index contributed by atoms with van der Waals surface area (Å²) >= 11 is 1.44. The van der Waals surface area contributed by atoms with Crippen LogP contribution in [0.15, 0.2) is 194 Å². The van der Waals surface area contributed by atoms with Crippen molar-refractivity contribution in [2.75, 3.05) is 0 Å². The molecule has 0 aliphatic heterocycles. The van der Waals surface area contributed by atoms with E-state index in [0.29, 0.717) is 0 Å². The fraction of sp³-hybridized carbons (Fsp3) is 0.153. The summed E-state index contributed by atoms with van der Waals surface area (Å²) in [5, 5.41) is 10.6. The molecule has 0 heterocycles. The molecule has 1 aliphatic rings. The summed E-state index contributed by atoms with van der Waals surface area (Å²) in [4.78, 5) is 0. The molecule has 9 aromatic carbocycles. The molecular formula is C59H52Zr. The quantitative estimate of drug-likeness (QED) is 0.155. The van der Waals surface area contributed by atoms with Crippen molar-refractivity contribution in [1.82, 2.24) is 0 Å². The molecule has 0 radical (unpaired) electrons. The summed E-state index contributed by atoms with van der Waals surface area (Å²) in [5.41, 5.74) is 10.8. The first kappa shape index (κ1) is 41.1. The van der Waals surface area contributed by atoms with E-state index in [0.717, 1.165) is 6.42 Å². The maximum absolute atomic E-state index is 2.99. The molecule has 292 valence electrons. The second-order valence-corrected chi connectivity index (χ2v) is 19.1. The molecule has 0 nitrogen and oxygen atoms in total. The second kappa shape index (κ2) is 17.5. The van der Waals surface area contributed by atoms with Crippen LogP contribution >= 0.6 is 0 Å². The van der Waals surface area contributed by atoms with E-state index in [-0.39, 0.29) is 10.8 Å². The molecule has 0 unspecified atom stereocenters. The maximum atomic E-state index is 2.99. The standard InChI is InChI=1S/C33H33.C21H14.C5H5.Zr/c1-32(2,3)30-20-26-24(18-28(30)22-13-9-7-10-14-22)17-25-19-29(23-15-11-8-12-16-23)31(21-27(25)26)33(4,5)6;1-3-7-20-14-16(9-11-18(20)5-1)13-17-10-12-19-6-2-4-8-21(19)15-17;1-2-4-5-3-1;/h7-21H,1-6H3;1-12,14-15H;1-3H,4H2;/q-1;;-1;+2. The van der Waals surface area contributed by atoms with Crippen LogP contribution in [0.3, 0.4) is 0 Å². The number of rotatable bonds is 4. The van der Waals surface area contributed by atoms with E-state index in [4.69, 9.17) is 0 Å². The van der Waals surface area contributed by atoms with Crippen molar-refractivity contribution < 1.29 is 24.2 Å². The third-order valence-corrected chi connectivity index (χ3v) is 12.8. The van der Waals surface area contributed by atoms with Gasteiger partial charge in [-0.2, -0.15) is 6.08 Å². The summed E-state index contributed by atoms with van der Waals surface area (Å²) < 4.78 is 1.41. The Hall–Kier alpha value is -5.62. The monoisotopic (exact) mass is 850 g/mol. The Balaban J connectivity index is 0.000000158. The van der Waals surface area contributed by atoms with Gasteiger partial charge in [0.1, 0.15) is 0 Å². The molecule has 0 atom stereocenters. The minimum absolute atomic E-state index is 0.0554. The SMILES string of the molecule is CC(C)(C)c1cc2c(cc1-c1ccccc1)[cH-]c1cc(-c3ccccc3)c(C(C)(C)C)cc12.[C-]1=CC=CC1.[Zr+2]=[C](c1ccc2ccccc2c1)c1ccc2ccccc2c1. The second-order valence-electron chi connectivity index (χ2n) is 17.8. The first-order valence-electron chi connectivity index (χ1n) is 21.1. The molecule has 10 rings (SSSR count). The molecule has 1 heteroatoms. The average molecular weight is 852 g/mol. The summed E-state index contributed by atoms with van der Waals surface area (Å²) in [7, 11) is 0. The number of hydrogen-bond donors (Lipinski definition) is 0. The van der Waals surface area contributed by atoms with Crippen LogP contribution < -0.4 is 0 Å². The first-order valence-corrected chi connectivity index (χ1v) is 22.3. The summed E-state index contributed by atoms with van der Waals surface area (Å²) in [6.07, 6.45) is 10.0. The van der Waals surface area contributed by atoms with Gasteiger partial charge in [-0.1, -0.05) is 114 Å². The minimum atomic E-state index is 0.0554. The van der Waals surface area contributed by atoms with E-state index in [2.05, 4.69) is 230 Å². The summed E-state index contributed by atoms with van der Waals surface area (Å²) in [5.74, 6) is 0. The van der Waals surface area contributed by atoms with Crippen LogP contribution in [-0.2, 0) is 35.1 Å². The molecule has 0 saturated carbocycles. The number of fused-ring (bicyclic) bond motifs is 5. The number of benzene rings is 8. The van der Waals surface area contributed by atoms with Gasteiger partial charge in [-0.3, -0.25) is 6.08 Å². The van der Waals surface area contributed by atoms with Crippen molar-refractivity contribution in [3.8, 4) is 22.3 Å². The molecule has 0 saturated heterocycles. The fourth-order valence-corrected chi connectivity index (χ4v) is 9.02. The van der Waals surface area contributed by atoms with E-state index < -0.39 is 0 Å². The molecule has 60 heavy (non-hydrogen) atoms. The zero-order valence-electron chi connectivity index (χ0n) is 35.7. The van der Waals surface area contributed by atoms with E-state index in [1.54, 1.807) is 0 Å². The van der Waals surface area contributed by atoms with E-state index in [1.807, 2.05) is 12.2 Å². The van der Waals surface area contributed by atoms with Crippen LogP contribution in [0.5, 0.6) is 0 Å². The van der Waals surface area contributed by atoms with Crippen molar-refractivity contribution in [1.29, 1.82) is 0 Å². The Morgan fingerprint density at radius 3 is 1.27 bits per heavy atom. The normalized spacial score (nSPS) is 12.4. The van der Waals surface area contributed by atoms with Crippen molar-refractivity contribution in [3.05, 3.63) is 222 Å². The molecule has 9 aromatic rings. The van der Waals surface area contributed by atoms with Gasteiger partial charge in [-0.25, -0.2) is 12.2 Å². The van der Waals surface area contributed by atoms with Gasteiger partial charge >= 0.3 is 145 Å². The Labute approximate surface area is 371 Å². The molecule has 0 aromatic heterocycles. The van der Waals surface area contributed by atoms with E-state index in [1.165, 1.54) is 115 Å². The third-order valence-electron chi connectivity index (χ3n) is 11.4. The van der Waals surface area contributed by atoms with Crippen molar-refractivity contribution in [2.45, 2.75) is 58.8 Å². The molecule has 1 aliphatic carbocycles. The van der Waals surface area contributed by atoms with Gasteiger partial charge < -0.3 is 0 Å². The Kier molecular flexibility index (Phi) is 12.0. The Bertz CT molecular complexity index is 2810. The molecule has 0 N–H and O–H groups in total. The molecular weight excluding hydrogens is 800 g/mol. The van der Waals surface area contributed by atoms with Crippen molar-refractivity contribution in [2.24, 2.45) is 0 Å². The van der Waals surface area contributed by atoms with Crippen LogP contribution in [-0.4, -0.2) is 3.21 Å². The summed E-state index contributed by atoms with van der Waals surface area (Å²) in [6, 6.07) is 64.3. The van der Waals surface area contributed by atoms with E-state index >= 15 is 0 Å². The molecule has 0 amide bonds. The molecule has 0 bridgehead atoms. The van der Waals surface area contributed by atoms with Crippen LogP contribution in [0.25, 0.3) is 65.3 Å². The summed E-state index contributed by atoms with van der Waals surface area (Å²) in [6.45, 7) is 13.9. The predicted molar refractivity (Wildman–Crippen MR) is 258 cm³/mol. The van der Waals surface area contributed by atoms with Crippen LogP contribution in [0.2, 0.25) is 0 Å². The van der Waals surface area contributed by atoms with Gasteiger partial charge in [-0.15, -0.1) is 46.2 Å². The molecule has 0 fully saturated rings. The Morgan fingerprint density at radius 1 is 0.483 bits per heavy atom. The topological polar surface area (TPSA) is 0 Å². The van der Waals surface area contributed by atoms with Gasteiger partial charge in [0.2, 0.25) is 0 Å². The molecule has 0 spiro atoms. The number of allylic oxidation sites excluding steroid dienone is 4. The zero-order chi connectivity index (χ0) is 41.9. The van der Waals surface area contributed by atoms with Gasteiger partial charge in [0, 0.05) is 0 Å². The third kappa shape index (κ3) is 9.08. The van der Waals surface area contributed by atoms with Crippen LogP contribution in [0.1, 0.15) is 70.2 Å². The first-order chi connectivity index (χ1) is 28.9. The number of hydrogen-bond acceptors (Lipinski definition) is 0. The Morgan fingerprint density at radius 2 is 0.900 bits per heavy atom.